The first kappa shape index (κ1) is 8.78. The standard InChI is InChI=1S/C10H13NO/c1-2-10-8-9(4-3-7-12)5-6-11-10/h3,5-8,12H,2,4H2,1H3. The normalized spacial score (nSPS) is 10.8. The average Bonchev–Trinajstić information content (AvgIpc) is 2.15. The third kappa shape index (κ3) is 2.38. The van der Waals surface area contributed by atoms with Crippen molar-refractivity contribution in [2.24, 2.45) is 0 Å². The number of aliphatic hydroxyl groups excluding tert-OH is 1. The fourth-order valence-corrected chi connectivity index (χ4v) is 1.04. The third-order valence-electron chi connectivity index (χ3n) is 1.70. The number of pyridine rings is 1. The van der Waals surface area contributed by atoms with E-state index in [1.807, 2.05) is 6.07 Å². The molecule has 0 amide bonds. The molecule has 0 atom stereocenters. The molecule has 2 nitrogen and oxygen atoms in total. The Morgan fingerprint density at radius 3 is 3.08 bits per heavy atom. The second-order valence-corrected chi connectivity index (χ2v) is 2.60. The van der Waals surface area contributed by atoms with Crippen LogP contribution in [0.1, 0.15) is 18.2 Å². The molecular weight excluding hydrogens is 150 g/mol. The molecule has 0 aliphatic rings. The van der Waals surface area contributed by atoms with Crippen molar-refractivity contribution in [1.29, 1.82) is 0 Å². The van der Waals surface area contributed by atoms with Crippen molar-refractivity contribution in [2.45, 2.75) is 19.8 Å². The molecule has 1 aromatic rings. The molecule has 0 aromatic carbocycles. The van der Waals surface area contributed by atoms with Gasteiger partial charge in [-0.2, -0.15) is 0 Å². The number of allylic oxidation sites excluding steroid dienone is 1. The molecule has 0 fully saturated rings. The van der Waals surface area contributed by atoms with Crippen LogP contribution in [0.2, 0.25) is 0 Å². The number of hydrogen-bond acceptors (Lipinski definition) is 2. The molecule has 1 rings (SSSR count). The van der Waals surface area contributed by atoms with Gasteiger partial charge in [0.1, 0.15) is 0 Å². The molecule has 0 aliphatic carbocycles. The fourth-order valence-electron chi connectivity index (χ4n) is 1.04. The van der Waals surface area contributed by atoms with Crippen molar-refractivity contribution in [3.8, 4) is 0 Å². The predicted octanol–water partition coefficient (Wildman–Crippen LogP) is 2.26. The highest BCUT2D eigenvalue weighted by atomic mass is 16.2. The third-order valence-corrected chi connectivity index (χ3v) is 1.70. The highest BCUT2D eigenvalue weighted by molar-refractivity contribution is 5.18. The lowest BCUT2D eigenvalue weighted by Gasteiger charge is -1.98. The minimum absolute atomic E-state index is 0.770. The van der Waals surface area contributed by atoms with E-state index >= 15 is 0 Å². The molecule has 1 N–H and O–H groups in total. The summed E-state index contributed by atoms with van der Waals surface area (Å²) in [7, 11) is 0. The first-order valence-electron chi connectivity index (χ1n) is 4.10. The summed E-state index contributed by atoms with van der Waals surface area (Å²) in [6, 6.07) is 4.01. The van der Waals surface area contributed by atoms with Crippen LogP contribution >= 0.6 is 0 Å². The number of rotatable bonds is 3. The Morgan fingerprint density at radius 2 is 2.42 bits per heavy atom. The van der Waals surface area contributed by atoms with Gasteiger partial charge in [0.05, 0.1) is 6.26 Å². The monoisotopic (exact) mass is 163 g/mol. The van der Waals surface area contributed by atoms with Crippen molar-refractivity contribution in [2.75, 3.05) is 0 Å². The van der Waals surface area contributed by atoms with Crippen molar-refractivity contribution >= 4 is 0 Å². The summed E-state index contributed by atoms with van der Waals surface area (Å²) in [6.07, 6.45) is 6.32. The van der Waals surface area contributed by atoms with E-state index in [1.165, 1.54) is 5.56 Å². The van der Waals surface area contributed by atoms with Crippen LogP contribution < -0.4 is 0 Å². The van der Waals surface area contributed by atoms with E-state index in [0.29, 0.717) is 0 Å². The van der Waals surface area contributed by atoms with Gasteiger partial charge in [-0.3, -0.25) is 4.98 Å². The number of aryl methyl sites for hydroxylation is 1. The molecule has 64 valence electrons. The molecule has 0 unspecified atom stereocenters. The summed E-state index contributed by atoms with van der Waals surface area (Å²) >= 11 is 0. The Kier molecular flexibility index (Phi) is 3.33. The predicted molar refractivity (Wildman–Crippen MR) is 49.1 cm³/mol. The van der Waals surface area contributed by atoms with Gasteiger partial charge in [-0.05, 0) is 36.6 Å². The van der Waals surface area contributed by atoms with Gasteiger partial charge in [-0.1, -0.05) is 6.92 Å². The van der Waals surface area contributed by atoms with Gasteiger partial charge in [0, 0.05) is 11.9 Å². The Labute approximate surface area is 72.6 Å². The van der Waals surface area contributed by atoms with Crippen molar-refractivity contribution in [3.63, 3.8) is 0 Å². The molecule has 0 saturated heterocycles. The average molecular weight is 163 g/mol. The van der Waals surface area contributed by atoms with E-state index in [9.17, 15) is 0 Å². The maximum absolute atomic E-state index is 8.46. The second-order valence-electron chi connectivity index (χ2n) is 2.60. The minimum atomic E-state index is 0.770. The van der Waals surface area contributed by atoms with Crippen LogP contribution in [0.15, 0.2) is 30.7 Å². The lowest BCUT2D eigenvalue weighted by molar-refractivity contribution is 0.471. The molecule has 0 radical (unpaired) electrons. The van der Waals surface area contributed by atoms with Crippen LogP contribution in [-0.4, -0.2) is 10.1 Å². The Balaban J connectivity index is 2.72. The van der Waals surface area contributed by atoms with Crippen LogP contribution in [0.3, 0.4) is 0 Å². The van der Waals surface area contributed by atoms with Gasteiger partial charge in [0.25, 0.3) is 0 Å². The number of hydrogen-bond donors (Lipinski definition) is 1. The van der Waals surface area contributed by atoms with E-state index in [-0.39, 0.29) is 0 Å². The summed E-state index contributed by atoms with van der Waals surface area (Å²) in [4.78, 5) is 4.18. The van der Waals surface area contributed by atoms with Crippen LogP contribution in [0.4, 0.5) is 0 Å². The largest absolute Gasteiger partial charge is 0.516 e. The van der Waals surface area contributed by atoms with Gasteiger partial charge in [0.2, 0.25) is 0 Å². The highest BCUT2D eigenvalue weighted by Gasteiger charge is 1.92. The molecule has 1 aromatic heterocycles. The van der Waals surface area contributed by atoms with E-state index < -0.39 is 0 Å². The molecular formula is C10H13NO. The lowest BCUT2D eigenvalue weighted by atomic mass is 10.1. The SMILES string of the molecule is CCc1cc(CC=CO)ccn1. The Bertz CT molecular complexity index is 268. The summed E-state index contributed by atoms with van der Waals surface area (Å²) in [6.45, 7) is 2.08. The van der Waals surface area contributed by atoms with Gasteiger partial charge in [-0.25, -0.2) is 0 Å². The second kappa shape index (κ2) is 4.54. The van der Waals surface area contributed by atoms with Crippen LogP contribution in [0, 0.1) is 0 Å². The summed E-state index contributed by atoms with van der Waals surface area (Å²) in [5, 5.41) is 8.46. The number of aromatic nitrogens is 1. The summed E-state index contributed by atoms with van der Waals surface area (Å²) in [5.41, 5.74) is 2.28. The Hall–Kier alpha value is -1.31. The fraction of sp³-hybridized carbons (Fsp3) is 0.300. The lowest BCUT2D eigenvalue weighted by Crippen LogP contribution is -1.89. The van der Waals surface area contributed by atoms with Crippen LogP contribution in [-0.2, 0) is 12.8 Å². The molecule has 2 heteroatoms. The maximum atomic E-state index is 8.46. The summed E-state index contributed by atoms with van der Waals surface area (Å²) < 4.78 is 0. The maximum Gasteiger partial charge on any atom is 0.0755 e. The van der Waals surface area contributed by atoms with Crippen LogP contribution in [0.5, 0.6) is 0 Å². The van der Waals surface area contributed by atoms with Gasteiger partial charge in [0.15, 0.2) is 0 Å². The smallest absolute Gasteiger partial charge is 0.0755 e. The van der Waals surface area contributed by atoms with E-state index in [2.05, 4.69) is 18.0 Å². The van der Waals surface area contributed by atoms with Gasteiger partial charge >= 0.3 is 0 Å². The first-order chi connectivity index (χ1) is 5.86. The number of aliphatic hydroxyl groups is 1. The van der Waals surface area contributed by atoms with Crippen molar-refractivity contribution < 1.29 is 5.11 Å². The van der Waals surface area contributed by atoms with Gasteiger partial charge < -0.3 is 5.11 Å². The molecule has 1 heterocycles. The zero-order valence-corrected chi connectivity index (χ0v) is 7.20. The Morgan fingerprint density at radius 1 is 1.58 bits per heavy atom. The minimum Gasteiger partial charge on any atom is -0.516 e. The molecule has 0 spiro atoms. The zero-order valence-electron chi connectivity index (χ0n) is 7.20. The van der Waals surface area contributed by atoms with E-state index in [0.717, 1.165) is 24.8 Å². The zero-order chi connectivity index (χ0) is 8.81. The van der Waals surface area contributed by atoms with E-state index in [1.54, 1.807) is 12.3 Å². The topological polar surface area (TPSA) is 33.1 Å². The summed E-state index contributed by atoms with van der Waals surface area (Å²) in [5.74, 6) is 0. The van der Waals surface area contributed by atoms with Crippen LogP contribution in [0.25, 0.3) is 0 Å². The van der Waals surface area contributed by atoms with Crippen molar-refractivity contribution in [3.05, 3.63) is 41.9 Å². The quantitative estimate of drug-likeness (QED) is 0.693. The first-order valence-corrected chi connectivity index (χ1v) is 4.10. The highest BCUT2D eigenvalue weighted by Crippen LogP contribution is 2.03. The molecule has 0 saturated carbocycles. The molecule has 0 aliphatic heterocycles. The van der Waals surface area contributed by atoms with Crippen molar-refractivity contribution in [1.82, 2.24) is 4.98 Å². The number of nitrogens with zero attached hydrogens (tertiary/aromatic N) is 1. The van der Waals surface area contributed by atoms with E-state index in [4.69, 9.17) is 5.11 Å². The molecule has 12 heavy (non-hydrogen) atoms. The molecule has 0 bridgehead atoms. The van der Waals surface area contributed by atoms with Gasteiger partial charge in [-0.15, -0.1) is 0 Å².